The summed E-state index contributed by atoms with van der Waals surface area (Å²) in [7, 11) is 0. The predicted molar refractivity (Wildman–Crippen MR) is 94.1 cm³/mol. The zero-order chi connectivity index (χ0) is 15.9. The van der Waals surface area contributed by atoms with Crippen LogP contribution in [0.15, 0.2) is 12.1 Å². The Morgan fingerprint density at radius 1 is 0.524 bits per heavy atom. The number of rotatable bonds is 2. The molecule has 2 aromatic rings. The fourth-order valence-corrected chi connectivity index (χ4v) is 2.94. The van der Waals surface area contributed by atoms with Gasteiger partial charge in [0.25, 0.3) is 0 Å². The lowest BCUT2D eigenvalue weighted by molar-refractivity contribution is 1.17. The molecule has 1 heteroatoms. The minimum atomic E-state index is 1.18. The number of anilines is 2. The van der Waals surface area contributed by atoms with E-state index in [1.165, 1.54) is 55.9 Å². The smallest absolute Gasteiger partial charge is 0.0449 e. The van der Waals surface area contributed by atoms with Gasteiger partial charge in [0.15, 0.2) is 0 Å². The van der Waals surface area contributed by atoms with Crippen LogP contribution in [-0.4, -0.2) is 0 Å². The molecule has 2 rings (SSSR count). The monoisotopic (exact) mass is 281 g/mol. The van der Waals surface area contributed by atoms with E-state index in [1.807, 2.05) is 0 Å². The largest absolute Gasteiger partial charge is 0.355 e. The molecule has 0 bridgehead atoms. The highest BCUT2D eigenvalue weighted by Gasteiger charge is 2.12. The molecule has 0 unspecified atom stereocenters. The van der Waals surface area contributed by atoms with Crippen molar-refractivity contribution < 1.29 is 0 Å². The summed E-state index contributed by atoms with van der Waals surface area (Å²) in [5.41, 5.74) is 13.4. The molecule has 112 valence electrons. The molecule has 21 heavy (non-hydrogen) atoms. The van der Waals surface area contributed by atoms with E-state index in [2.05, 4.69) is 72.8 Å². The summed E-state index contributed by atoms with van der Waals surface area (Å²) in [4.78, 5) is 0. The molecule has 0 heterocycles. The van der Waals surface area contributed by atoms with Crippen LogP contribution >= 0.6 is 0 Å². The van der Waals surface area contributed by atoms with Crippen LogP contribution in [-0.2, 0) is 0 Å². The van der Waals surface area contributed by atoms with Crippen LogP contribution in [0.5, 0.6) is 0 Å². The van der Waals surface area contributed by atoms with Crippen molar-refractivity contribution in [1.29, 1.82) is 0 Å². The summed E-state index contributed by atoms with van der Waals surface area (Å²) in [5.74, 6) is 0. The van der Waals surface area contributed by atoms with Gasteiger partial charge >= 0.3 is 0 Å². The minimum Gasteiger partial charge on any atom is -0.355 e. The molecule has 0 aliphatic rings. The maximum atomic E-state index is 3.66. The molecule has 0 aromatic heterocycles. The molecule has 0 atom stereocenters. The summed E-state index contributed by atoms with van der Waals surface area (Å²) < 4.78 is 0. The van der Waals surface area contributed by atoms with Gasteiger partial charge in [-0.3, -0.25) is 0 Å². The molecule has 0 aliphatic carbocycles. The second-order valence-corrected chi connectivity index (χ2v) is 6.36. The zero-order valence-corrected chi connectivity index (χ0v) is 14.7. The highest BCUT2D eigenvalue weighted by molar-refractivity contribution is 5.72. The lowest BCUT2D eigenvalue weighted by Gasteiger charge is -2.21. The molecule has 0 aliphatic heterocycles. The van der Waals surface area contributed by atoms with E-state index in [0.717, 1.165) is 0 Å². The lowest BCUT2D eigenvalue weighted by Crippen LogP contribution is -2.03. The number of hydrogen-bond acceptors (Lipinski definition) is 1. The first-order valence-electron chi connectivity index (χ1n) is 7.65. The molecule has 2 aromatic carbocycles. The quantitative estimate of drug-likeness (QED) is 0.723. The van der Waals surface area contributed by atoms with Gasteiger partial charge in [-0.15, -0.1) is 0 Å². The van der Waals surface area contributed by atoms with E-state index in [1.54, 1.807) is 0 Å². The molecular weight excluding hydrogens is 254 g/mol. The highest BCUT2D eigenvalue weighted by Crippen LogP contribution is 2.33. The molecule has 0 saturated heterocycles. The Morgan fingerprint density at radius 2 is 0.905 bits per heavy atom. The standard InChI is InChI=1S/C20H27N/c1-11-9-19(10-12(2)13(11)3)21-20-17(7)15(5)14(4)16(6)18(20)8/h9-10,21H,1-8H3. The van der Waals surface area contributed by atoms with Crippen LogP contribution in [0.25, 0.3) is 0 Å². The fourth-order valence-electron chi connectivity index (χ4n) is 2.94. The SMILES string of the molecule is Cc1cc(Nc2c(C)c(C)c(C)c(C)c2C)cc(C)c1C. The van der Waals surface area contributed by atoms with Crippen molar-refractivity contribution in [3.8, 4) is 0 Å². The fraction of sp³-hybridized carbons (Fsp3) is 0.400. The van der Waals surface area contributed by atoms with E-state index in [-0.39, 0.29) is 0 Å². The summed E-state index contributed by atoms with van der Waals surface area (Å²) in [6, 6.07) is 4.48. The topological polar surface area (TPSA) is 12.0 Å². The van der Waals surface area contributed by atoms with Gasteiger partial charge in [-0.25, -0.2) is 0 Å². The van der Waals surface area contributed by atoms with E-state index in [9.17, 15) is 0 Å². The summed E-state index contributed by atoms with van der Waals surface area (Å²) in [6.45, 7) is 17.6. The Hall–Kier alpha value is -1.76. The maximum Gasteiger partial charge on any atom is 0.0449 e. The number of aryl methyl sites for hydroxylation is 2. The molecule has 0 spiro atoms. The van der Waals surface area contributed by atoms with Gasteiger partial charge in [0, 0.05) is 11.4 Å². The lowest BCUT2D eigenvalue weighted by atomic mass is 9.92. The van der Waals surface area contributed by atoms with Gasteiger partial charge in [-0.2, -0.15) is 0 Å². The first-order chi connectivity index (χ1) is 9.73. The normalized spacial score (nSPS) is 10.9. The molecule has 1 nitrogen and oxygen atoms in total. The van der Waals surface area contributed by atoms with Crippen molar-refractivity contribution in [2.45, 2.75) is 55.4 Å². The van der Waals surface area contributed by atoms with Crippen LogP contribution in [0.2, 0.25) is 0 Å². The maximum absolute atomic E-state index is 3.66. The van der Waals surface area contributed by atoms with Gasteiger partial charge in [0.1, 0.15) is 0 Å². The van der Waals surface area contributed by atoms with Gasteiger partial charge < -0.3 is 5.32 Å². The second kappa shape index (κ2) is 5.55. The van der Waals surface area contributed by atoms with Crippen molar-refractivity contribution >= 4 is 11.4 Å². The first-order valence-corrected chi connectivity index (χ1v) is 7.65. The Labute approximate surface area is 129 Å². The average molecular weight is 281 g/mol. The third kappa shape index (κ3) is 2.70. The van der Waals surface area contributed by atoms with Crippen molar-refractivity contribution in [2.75, 3.05) is 5.32 Å². The van der Waals surface area contributed by atoms with Gasteiger partial charge in [-0.05, 0) is 112 Å². The molecule has 0 amide bonds. The van der Waals surface area contributed by atoms with E-state index < -0.39 is 0 Å². The summed E-state index contributed by atoms with van der Waals surface area (Å²) >= 11 is 0. The van der Waals surface area contributed by atoms with Crippen molar-refractivity contribution in [3.63, 3.8) is 0 Å². The van der Waals surface area contributed by atoms with Crippen LogP contribution < -0.4 is 5.32 Å². The Kier molecular flexibility index (Phi) is 4.13. The number of nitrogens with one attached hydrogen (secondary N) is 1. The summed E-state index contributed by atoms with van der Waals surface area (Å²) in [5, 5.41) is 3.66. The summed E-state index contributed by atoms with van der Waals surface area (Å²) in [6.07, 6.45) is 0. The minimum absolute atomic E-state index is 1.18. The number of benzene rings is 2. The van der Waals surface area contributed by atoms with Gasteiger partial charge in [-0.1, -0.05) is 0 Å². The van der Waals surface area contributed by atoms with Crippen LogP contribution in [0.4, 0.5) is 11.4 Å². The third-order valence-electron chi connectivity index (χ3n) is 5.20. The molecule has 0 saturated carbocycles. The van der Waals surface area contributed by atoms with Crippen molar-refractivity contribution in [2.24, 2.45) is 0 Å². The Balaban J connectivity index is 2.55. The van der Waals surface area contributed by atoms with Crippen LogP contribution in [0, 0.1) is 55.4 Å². The molecule has 1 N–H and O–H groups in total. The van der Waals surface area contributed by atoms with E-state index in [0.29, 0.717) is 0 Å². The van der Waals surface area contributed by atoms with Gasteiger partial charge in [0.2, 0.25) is 0 Å². The zero-order valence-electron chi connectivity index (χ0n) is 14.7. The van der Waals surface area contributed by atoms with Gasteiger partial charge in [0.05, 0.1) is 0 Å². The van der Waals surface area contributed by atoms with Crippen LogP contribution in [0.1, 0.15) is 44.5 Å². The van der Waals surface area contributed by atoms with Crippen molar-refractivity contribution in [1.82, 2.24) is 0 Å². The third-order valence-corrected chi connectivity index (χ3v) is 5.20. The van der Waals surface area contributed by atoms with E-state index >= 15 is 0 Å². The number of hydrogen-bond donors (Lipinski definition) is 1. The average Bonchev–Trinajstić information content (AvgIpc) is 2.45. The van der Waals surface area contributed by atoms with Crippen LogP contribution in [0.3, 0.4) is 0 Å². The predicted octanol–water partition coefficient (Wildman–Crippen LogP) is 5.90. The van der Waals surface area contributed by atoms with E-state index in [4.69, 9.17) is 0 Å². The Morgan fingerprint density at radius 3 is 1.33 bits per heavy atom. The Bertz CT molecular complexity index is 656. The highest BCUT2D eigenvalue weighted by atomic mass is 14.9. The van der Waals surface area contributed by atoms with Crippen molar-refractivity contribution in [3.05, 3.63) is 56.6 Å². The second-order valence-electron chi connectivity index (χ2n) is 6.36. The molecule has 0 fully saturated rings. The molecule has 0 radical (unpaired) electrons. The first kappa shape index (κ1) is 15.6. The molecular formula is C20H27N.